The lowest BCUT2D eigenvalue weighted by atomic mass is 10.1. The van der Waals surface area contributed by atoms with E-state index in [1.165, 1.54) is 9.75 Å². The van der Waals surface area contributed by atoms with Crippen molar-refractivity contribution in [1.82, 2.24) is 10.6 Å². The number of thiophene rings is 1. The van der Waals surface area contributed by atoms with Crippen LogP contribution in [0.4, 0.5) is 0 Å². The number of amides is 2. The maximum absolute atomic E-state index is 12.8. The van der Waals surface area contributed by atoms with Crippen molar-refractivity contribution in [2.24, 2.45) is 44.4 Å². The molecule has 0 spiro atoms. The van der Waals surface area contributed by atoms with Crippen LogP contribution in [0.5, 0.6) is 0 Å². The predicted molar refractivity (Wildman–Crippen MR) is 143 cm³/mol. The van der Waals surface area contributed by atoms with E-state index in [0.717, 1.165) is 19.3 Å². The van der Waals surface area contributed by atoms with Gasteiger partial charge in [0.1, 0.15) is 6.04 Å². The SMILES string of the molecule is NCCCCc1ccc(CCNC(=O)[C@H](CCCN=C(N)N)NC(=O)[C@@H](N)CCCN=C(N)N)s1. The zero-order valence-electron chi connectivity index (χ0n) is 20.4. The van der Waals surface area contributed by atoms with Crippen molar-refractivity contribution in [3.8, 4) is 0 Å². The molecule has 1 aromatic heterocycles. The Morgan fingerprint density at radius 3 is 2.06 bits per heavy atom. The molecule has 12 nitrogen and oxygen atoms in total. The highest BCUT2D eigenvalue weighted by Gasteiger charge is 2.23. The van der Waals surface area contributed by atoms with E-state index < -0.39 is 18.0 Å². The van der Waals surface area contributed by atoms with Crippen molar-refractivity contribution in [3.63, 3.8) is 0 Å². The second-order valence-corrected chi connectivity index (χ2v) is 9.47. The number of aliphatic imine (C=N–C) groups is 2. The van der Waals surface area contributed by atoms with Gasteiger partial charge in [0.25, 0.3) is 0 Å². The second kappa shape index (κ2) is 17.5. The summed E-state index contributed by atoms with van der Waals surface area (Å²) < 4.78 is 0. The van der Waals surface area contributed by atoms with Gasteiger partial charge in [-0.2, -0.15) is 0 Å². The zero-order chi connectivity index (χ0) is 26.1. The molecule has 2 amide bonds. The van der Waals surface area contributed by atoms with E-state index in [1.807, 2.05) is 0 Å². The molecule has 0 aliphatic heterocycles. The molecule has 0 saturated carbocycles. The number of unbranched alkanes of at least 4 members (excludes halogenated alkanes) is 1. The quantitative estimate of drug-likeness (QED) is 0.0662. The zero-order valence-corrected chi connectivity index (χ0v) is 21.2. The fourth-order valence-corrected chi connectivity index (χ4v) is 4.33. The highest BCUT2D eigenvalue weighted by Crippen LogP contribution is 2.18. The molecule has 2 atom stereocenters. The minimum absolute atomic E-state index is 0.00843. The smallest absolute Gasteiger partial charge is 0.242 e. The highest BCUT2D eigenvalue weighted by atomic mass is 32.1. The Bertz CT molecular complexity index is 819. The van der Waals surface area contributed by atoms with Gasteiger partial charge in [0.15, 0.2) is 11.9 Å². The van der Waals surface area contributed by atoms with Gasteiger partial charge in [-0.3, -0.25) is 19.6 Å². The summed E-state index contributed by atoms with van der Waals surface area (Å²) in [5.74, 6) is -0.699. The normalized spacial score (nSPS) is 12.4. The van der Waals surface area contributed by atoms with E-state index in [2.05, 4.69) is 32.8 Å². The Kier molecular flexibility index (Phi) is 15.1. The number of hydrogen-bond donors (Lipinski definition) is 8. The van der Waals surface area contributed by atoms with E-state index in [4.69, 9.17) is 34.4 Å². The third kappa shape index (κ3) is 14.2. The second-order valence-electron chi connectivity index (χ2n) is 8.22. The van der Waals surface area contributed by atoms with E-state index in [1.54, 1.807) is 11.3 Å². The summed E-state index contributed by atoms with van der Waals surface area (Å²) >= 11 is 1.75. The number of carbonyl (C=O) groups is 2. The van der Waals surface area contributed by atoms with Crippen molar-refractivity contribution in [2.45, 2.75) is 63.5 Å². The summed E-state index contributed by atoms with van der Waals surface area (Å²) in [6.07, 6.45) is 5.65. The summed E-state index contributed by atoms with van der Waals surface area (Å²) in [5.41, 5.74) is 32.8. The van der Waals surface area contributed by atoms with Gasteiger partial charge >= 0.3 is 0 Å². The molecule has 13 heteroatoms. The first-order chi connectivity index (χ1) is 16.7. The number of nitrogens with two attached hydrogens (primary N) is 6. The minimum Gasteiger partial charge on any atom is -0.370 e. The molecule has 0 aliphatic carbocycles. The fraction of sp³-hybridized carbons (Fsp3) is 0.636. The summed E-state index contributed by atoms with van der Waals surface area (Å²) in [6, 6.07) is 2.70. The molecular formula is C22H42N10O2S. The molecular weight excluding hydrogens is 468 g/mol. The van der Waals surface area contributed by atoms with Gasteiger partial charge in [-0.15, -0.1) is 11.3 Å². The van der Waals surface area contributed by atoms with Crippen LogP contribution in [0.3, 0.4) is 0 Å². The molecule has 198 valence electrons. The Balaban J connectivity index is 2.57. The molecule has 0 bridgehead atoms. The Hall–Kier alpha value is -2.90. The first-order valence-electron chi connectivity index (χ1n) is 11.9. The van der Waals surface area contributed by atoms with Crippen LogP contribution in [0.2, 0.25) is 0 Å². The minimum atomic E-state index is -0.777. The summed E-state index contributed by atoms with van der Waals surface area (Å²) in [6.45, 7) is 1.90. The highest BCUT2D eigenvalue weighted by molar-refractivity contribution is 7.12. The number of nitrogens with one attached hydrogen (secondary N) is 2. The van der Waals surface area contributed by atoms with Crippen LogP contribution in [-0.4, -0.2) is 62.0 Å². The summed E-state index contributed by atoms with van der Waals surface area (Å²) in [7, 11) is 0. The summed E-state index contributed by atoms with van der Waals surface area (Å²) in [5, 5.41) is 5.67. The first kappa shape index (κ1) is 30.1. The van der Waals surface area contributed by atoms with E-state index in [0.29, 0.717) is 58.3 Å². The molecule has 0 saturated heterocycles. The van der Waals surface area contributed by atoms with Gasteiger partial charge in [-0.25, -0.2) is 0 Å². The molecule has 1 heterocycles. The van der Waals surface area contributed by atoms with Crippen molar-refractivity contribution in [3.05, 3.63) is 21.9 Å². The number of nitrogens with zero attached hydrogens (tertiary/aromatic N) is 2. The standard InChI is InChI=1S/C22H42N10O2S/c23-11-2-1-5-15-8-9-16(35-15)10-14-29-20(34)18(7-4-13-31-22(27)28)32-19(33)17(24)6-3-12-30-21(25)26/h8-9,17-18H,1-7,10-14,23-24H2,(H,29,34)(H,32,33)(H4,25,26,30)(H4,27,28,31)/t17-,18-/m0/s1. The predicted octanol–water partition coefficient (Wildman–Crippen LogP) is -1.39. The topological polar surface area (TPSA) is 239 Å². The van der Waals surface area contributed by atoms with Crippen molar-refractivity contribution >= 4 is 35.1 Å². The lowest BCUT2D eigenvalue weighted by Gasteiger charge is -2.20. The lowest BCUT2D eigenvalue weighted by Crippen LogP contribution is -2.51. The maximum atomic E-state index is 12.8. The summed E-state index contributed by atoms with van der Waals surface area (Å²) in [4.78, 5) is 35.7. The fourth-order valence-electron chi connectivity index (χ4n) is 3.27. The molecule has 0 fully saturated rings. The number of aryl methyl sites for hydroxylation is 1. The van der Waals surface area contributed by atoms with E-state index >= 15 is 0 Å². The molecule has 35 heavy (non-hydrogen) atoms. The average molecular weight is 511 g/mol. The Morgan fingerprint density at radius 1 is 0.857 bits per heavy atom. The van der Waals surface area contributed by atoms with Gasteiger partial charge in [-0.05, 0) is 70.0 Å². The number of hydrogen-bond acceptors (Lipinski definition) is 7. The van der Waals surface area contributed by atoms with Crippen LogP contribution in [0, 0.1) is 0 Å². The average Bonchev–Trinajstić information content (AvgIpc) is 3.25. The number of carbonyl (C=O) groups excluding carboxylic acids is 2. The maximum Gasteiger partial charge on any atom is 0.242 e. The van der Waals surface area contributed by atoms with Crippen molar-refractivity contribution in [1.29, 1.82) is 0 Å². The van der Waals surface area contributed by atoms with E-state index in [-0.39, 0.29) is 17.8 Å². The molecule has 14 N–H and O–H groups in total. The van der Waals surface area contributed by atoms with Crippen molar-refractivity contribution < 1.29 is 9.59 Å². The monoisotopic (exact) mass is 510 g/mol. The third-order valence-electron chi connectivity index (χ3n) is 5.15. The Labute approximate surface area is 211 Å². The third-order valence-corrected chi connectivity index (χ3v) is 6.35. The van der Waals surface area contributed by atoms with Gasteiger partial charge in [0, 0.05) is 29.4 Å². The number of rotatable bonds is 18. The van der Waals surface area contributed by atoms with Crippen LogP contribution in [0.1, 0.15) is 48.3 Å². The van der Waals surface area contributed by atoms with Crippen LogP contribution in [0.15, 0.2) is 22.1 Å². The largest absolute Gasteiger partial charge is 0.370 e. The van der Waals surface area contributed by atoms with Crippen LogP contribution in [0.25, 0.3) is 0 Å². The molecule has 0 radical (unpaired) electrons. The van der Waals surface area contributed by atoms with Crippen LogP contribution in [-0.2, 0) is 22.4 Å². The van der Waals surface area contributed by atoms with Crippen molar-refractivity contribution in [2.75, 3.05) is 26.2 Å². The van der Waals surface area contributed by atoms with Crippen LogP contribution < -0.4 is 45.0 Å². The van der Waals surface area contributed by atoms with E-state index in [9.17, 15) is 9.59 Å². The van der Waals surface area contributed by atoms with Crippen LogP contribution >= 0.6 is 11.3 Å². The lowest BCUT2D eigenvalue weighted by molar-refractivity contribution is -0.129. The molecule has 0 aliphatic rings. The first-order valence-corrected chi connectivity index (χ1v) is 12.8. The van der Waals surface area contributed by atoms with Gasteiger partial charge < -0.3 is 45.0 Å². The molecule has 1 aromatic rings. The van der Waals surface area contributed by atoms with Gasteiger partial charge in [-0.1, -0.05) is 0 Å². The molecule has 0 unspecified atom stereocenters. The van der Waals surface area contributed by atoms with Gasteiger partial charge in [0.05, 0.1) is 6.04 Å². The number of guanidine groups is 2. The Morgan fingerprint density at radius 2 is 1.46 bits per heavy atom. The molecule has 1 rings (SSSR count). The van der Waals surface area contributed by atoms with Gasteiger partial charge in [0.2, 0.25) is 11.8 Å². The molecule has 0 aromatic carbocycles.